The van der Waals surface area contributed by atoms with E-state index in [1.165, 1.54) is 26.2 Å². The lowest BCUT2D eigenvalue weighted by Crippen LogP contribution is -2.22. The van der Waals surface area contributed by atoms with Gasteiger partial charge in [0, 0.05) is 31.4 Å². The number of sulfonamides is 1. The highest BCUT2D eigenvalue weighted by Gasteiger charge is 2.21. The Hall–Kier alpha value is -3.56. The second-order valence-corrected chi connectivity index (χ2v) is 10.7. The van der Waals surface area contributed by atoms with E-state index in [9.17, 15) is 13.2 Å². The van der Waals surface area contributed by atoms with E-state index in [-0.39, 0.29) is 16.8 Å². The fraction of sp³-hybridized carbons (Fsp3) is 0.240. The van der Waals surface area contributed by atoms with Crippen molar-refractivity contribution in [3.8, 4) is 11.3 Å². The lowest BCUT2D eigenvalue weighted by molar-refractivity contribution is 0.102. The number of nitrogens with zero attached hydrogens (tertiary/aromatic N) is 4. The first-order valence-corrected chi connectivity index (χ1v) is 12.3. The molecule has 0 aliphatic rings. The van der Waals surface area contributed by atoms with Gasteiger partial charge in [0.15, 0.2) is 5.65 Å². The fourth-order valence-corrected chi connectivity index (χ4v) is 4.57. The lowest BCUT2D eigenvalue weighted by atomic mass is 10.1. The van der Waals surface area contributed by atoms with Gasteiger partial charge in [-0.2, -0.15) is 5.10 Å². The molecule has 0 unspecified atom stereocenters. The van der Waals surface area contributed by atoms with Crippen molar-refractivity contribution in [3.63, 3.8) is 0 Å². The first kappa shape index (κ1) is 23.6. The number of aromatic nitrogens is 3. The number of aryl methyl sites for hydroxylation is 1. The quantitative estimate of drug-likeness (QED) is 0.441. The van der Waals surface area contributed by atoms with E-state index in [0.717, 1.165) is 15.4 Å². The third kappa shape index (κ3) is 4.32. The van der Waals surface area contributed by atoms with Crippen LogP contribution in [0.4, 0.5) is 5.69 Å². The molecule has 2 heterocycles. The molecule has 0 atom stereocenters. The Bertz CT molecular complexity index is 1480. The number of carbonyl (C=O) groups is 1. The molecule has 0 fully saturated rings. The smallest absolute Gasteiger partial charge is 0.256 e. The number of pyridine rings is 1. The predicted octanol–water partition coefficient (Wildman–Crippen LogP) is 4.49. The standard InChI is InChI=1S/C25H27N5O3S/c1-16(2)30-24-21(15-26-30)20(14-23(27-24)18-9-7-6-8-10-18)25(31)28-22-13-19(12-11-17(22)3)34(32,33)29(4)5/h6-16H,1-5H3,(H,28,31). The number of anilines is 1. The molecule has 0 spiro atoms. The van der Waals surface area contributed by atoms with Crippen LogP contribution in [0.25, 0.3) is 22.3 Å². The molecule has 176 valence electrons. The summed E-state index contributed by atoms with van der Waals surface area (Å²) in [4.78, 5) is 18.4. The molecule has 34 heavy (non-hydrogen) atoms. The van der Waals surface area contributed by atoms with Crippen LogP contribution in [0.15, 0.2) is 65.7 Å². The van der Waals surface area contributed by atoms with Crippen molar-refractivity contribution in [2.24, 2.45) is 0 Å². The third-order valence-electron chi connectivity index (χ3n) is 5.61. The van der Waals surface area contributed by atoms with Crippen LogP contribution in [-0.4, -0.2) is 47.5 Å². The van der Waals surface area contributed by atoms with Crippen LogP contribution in [0.2, 0.25) is 0 Å². The number of hydrogen-bond donors (Lipinski definition) is 1. The minimum absolute atomic E-state index is 0.0575. The van der Waals surface area contributed by atoms with Gasteiger partial charge in [-0.15, -0.1) is 0 Å². The number of rotatable bonds is 6. The molecule has 8 nitrogen and oxygen atoms in total. The monoisotopic (exact) mass is 477 g/mol. The van der Waals surface area contributed by atoms with Crippen LogP contribution in [0, 0.1) is 6.92 Å². The Labute approximate surface area is 199 Å². The van der Waals surface area contributed by atoms with E-state index in [1.807, 2.05) is 51.1 Å². The SMILES string of the molecule is Cc1ccc(S(=O)(=O)N(C)C)cc1NC(=O)c1cc(-c2ccccc2)nc2c1cnn2C(C)C. The summed E-state index contributed by atoms with van der Waals surface area (Å²) in [6.07, 6.45) is 1.64. The van der Waals surface area contributed by atoms with Gasteiger partial charge in [0.2, 0.25) is 10.0 Å². The van der Waals surface area contributed by atoms with Crippen LogP contribution in [-0.2, 0) is 10.0 Å². The Balaban J connectivity index is 1.82. The summed E-state index contributed by atoms with van der Waals surface area (Å²) in [6, 6.07) is 16.1. The number of benzene rings is 2. The van der Waals surface area contributed by atoms with Gasteiger partial charge < -0.3 is 5.32 Å². The molecule has 1 amide bonds. The van der Waals surface area contributed by atoms with E-state index in [2.05, 4.69) is 10.4 Å². The number of carbonyl (C=O) groups excluding carboxylic acids is 1. The van der Waals surface area contributed by atoms with E-state index in [1.54, 1.807) is 23.0 Å². The van der Waals surface area contributed by atoms with Crippen LogP contribution < -0.4 is 5.32 Å². The maximum absolute atomic E-state index is 13.5. The first-order chi connectivity index (χ1) is 16.1. The Morgan fingerprint density at radius 2 is 1.76 bits per heavy atom. The molecule has 9 heteroatoms. The highest BCUT2D eigenvalue weighted by atomic mass is 32.2. The van der Waals surface area contributed by atoms with Crippen molar-refractivity contribution < 1.29 is 13.2 Å². The Morgan fingerprint density at radius 3 is 2.41 bits per heavy atom. The zero-order chi connectivity index (χ0) is 24.6. The third-order valence-corrected chi connectivity index (χ3v) is 7.42. The number of hydrogen-bond acceptors (Lipinski definition) is 5. The molecule has 4 rings (SSSR count). The minimum Gasteiger partial charge on any atom is -0.322 e. The van der Waals surface area contributed by atoms with Gasteiger partial charge in [-0.3, -0.25) is 4.79 Å². The van der Waals surface area contributed by atoms with E-state index < -0.39 is 10.0 Å². The van der Waals surface area contributed by atoms with E-state index in [0.29, 0.717) is 28.0 Å². The summed E-state index contributed by atoms with van der Waals surface area (Å²) < 4.78 is 28.1. The molecule has 0 radical (unpaired) electrons. The zero-order valence-electron chi connectivity index (χ0n) is 19.8. The molecule has 0 aliphatic heterocycles. The highest BCUT2D eigenvalue weighted by Crippen LogP contribution is 2.28. The number of fused-ring (bicyclic) bond motifs is 1. The summed E-state index contributed by atoms with van der Waals surface area (Å²) >= 11 is 0. The molecule has 0 saturated carbocycles. The lowest BCUT2D eigenvalue weighted by Gasteiger charge is -2.15. The second kappa shape index (κ2) is 9.00. The van der Waals surface area contributed by atoms with Gasteiger partial charge >= 0.3 is 0 Å². The summed E-state index contributed by atoms with van der Waals surface area (Å²) in [7, 11) is -0.700. The van der Waals surface area contributed by atoms with Gasteiger partial charge in [0.05, 0.1) is 27.7 Å². The van der Waals surface area contributed by atoms with Gasteiger partial charge in [-0.1, -0.05) is 36.4 Å². The molecule has 1 N–H and O–H groups in total. The predicted molar refractivity (Wildman–Crippen MR) is 133 cm³/mol. The van der Waals surface area contributed by atoms with Crippen molar-refractivity contribution in [2.45, 2.75) is 31.7 Å². The summed E-state index contributed by atoms with van der Waals surface area (Å²) in [6.45, 7) is 5.82. The summed E-state index contributed by atoms with van der Waals surface area (Å²) in [5.41, 5.74) is 3.73. The normalized spacial score (nSPS) is 12.0. The van der Waals surface area contributed by atoms with Gasteiger partial charge in [-0.05, 0) is 44.5 Å². The van der Waals surface area contributed by atoms with Crippen molar-refractivity contribution in [1.82, 2.24) is 19.1 Å². The van der Waals surface area contributed by atoms with E-state index >= 15 is 0 Å². The van der Waals surface area contributed by atoms with Crippen LogP contribution in [0.5, 0.6) is 0 Å². The molecule has 0 bridgehead atoms. The zero-order valence-corrected chi connectivity index (χ0v) is 20.6. The number of amides is 1. The first-order valence-electron chi connectivity index (χ1n) is 10.9. The van der Waals surface area contributed by atoms with E-state index in [4.69, 9.17) is 4.98 Å². The van der Waals surface area contributed by atoms with Crippen molar-refractivity contribution >= 4 is 32.7 Å². The molecule has 0 saturated heterocycles. The maximum atomic E-state index is 13.5. The summed E-state index contributed by atoms with van der Waals surface area (Å²) in [5.74, 6) is -0.365. The van der Waals surface area contributed by atoms with Crippen molar-refractivity contribution in [3.05, 3.63) is 71.9 Å². The minimum atomic E-state index is -3.64. The molecular weight excluding hydrogens is 450 g/mol. The fourth-order valence-electron chi connectivity index (χ4n) is 3.64. The maximum Gasteiger partial charge on any atom is 0.256 e. The largest absolute Gasteiger partial charge is 0.322 e. The molecule has 0 aliphatic carbocycles. The van der Waals surface area contributed by atoms with Crippen LogP contribution in [0.3, 0.4) is 0 Å². The summed E-state index contributed by atoms with van der Waals surface area (Å²) in [5, 5.41) is 7.98. The van der Waals surface area contributed by atoms with Gasteiger partial charge in [0.1, 0.15) is 0 Å². The van der Waals surface area contributed by atoms with Crippen molar-refractivity contribution in [1.29, 1.82) is 0 Å². The van der Waals surface area contributed by atoms with Gasteiger partial charge in [-0.25, -0.2) is 22.4 Å². The van der Waals surface area contributed by atoms with Crippen molar-refractivity contribution in [2.75, 3.05) is 19.4 Å². The molecular formula is C25H27N5O3S. The molecule has 2 aromatic carbocycles. The highest BCUT2D eigenvalue weighted by molar-refractivity contribution is 7.89. The Morgan fingerprint density at radius 1 is 1.06 bits per heavy atom. The molecule has 4 aromatic rings. The van der Waals surface area contributed by atoms with Crippen LogP contribution >= 0.6 is 0 Å². The topological polar surface area (TPSA) is 97.2 Å². The second-order valence-electron chi connectivity index (χ2n) is 8.56. The number of nitrogens with one attached hydrogen (secondary N) is 1. The average molecular weight is 478 g/mol. The van der Waals surface area contributed by atoms with Crippen LogP contribution in [0.1, 0.15) is 35.8 Å². The average Bonchev–Trinajstić information content (AvgIpc) is 3.24. The Kier molecular flexibility index (Phi) is 6.24. The molecule has 2 aromatic heterocycles. The van der Waals surface area contributed by atoms with Gasteiger partial charge in [0.25, 0.3) is 5.91 Å².